The molecule has 1 aliphatic rings. The summed E-state index contributed by atoms with van der Waals surface area (Å²) in [6.07, 6.45) is 9.56. The van der Waals surface area contributed by atoms with Gasteiger partial charge in [0.25, 0.3) is 0 Å². The van der Waals surface area contributed by atoms with Gasteiger partial charge < -0.3 is 4.74 Å². The van der Waals surface area contributed by atoms with Crippen LogP contribution >= 0.6 is 0 Å². The van der Waals surface area contributed by atoms with Gasteiger partial charge in [0.05, 0.1) is 18.0 Å². The summed E-state index contributed by atoms with van der Waals surface area (Å²) in [6, 6.07) is 8.91. The predicted molar refractivity (Wildman–Crippen MR) is 238 cm³/mol. The molecule has 5 heteroatoms. The van der Waals surface area contributed by atoms with Crippen LogP contribution in [0.5, 0.6) is 0 Å². The van der Waals surface area contributed by atoms with Crippen molar-refractivity contribution in [2.24, 2.45) is 27.6 Å². The van der Waals surface area contributed by atoms with Gasteiger partial charge in [-0.05, 0) is 97.5 Å². The standard InChI is InChI=1S/C14H28O.C12H18.C8H18.C6H13NO2S.C5H10.C2H6/c1-12(2)15-11-14(6,7)10-8-9-13(3,4)5;1-9(2)11-6-5-7-12(8-11)10(3)4;1-7(2,3)8(4,5)6;1-5(2)7-10(8,9)6-3-4-6;1-4-5(2)3;1-2/h8-9,12H,10-11H2,1-7H3;5-10H,1-4H3;1-6H3;5-7H,3-4H2,1-2H3;4-5H,1H2,2-3H3;1-2H3/b9-8+;;;;;. The molecule has 0 aromatic heterocycles. The molecule has 0 radical (unpaired) electrons. The van der Waals surface area contributed by atoms with E-state index in [9.17, 15) is 8.42 Å². The van der Waals surface area contributed by atoms with Gasteiger partial charge in [-0.3, -0.25) is 0 Å². The summed E-state index contributed by atoms with van der Waals surface area (Å²) in [5.41, 5.74) is 4.29. The Kier molecular flexibility index (Phi) is 30.0. The summed E-state index contributed by atoms with van der Waals surface area (Å²) in [7, 11) is -2.94. The van der Waals surface area contributed by atoms with Crippen LogP contribution in [0.25, 0.3) is 0 Å². The van der Waals surface area contributed by atoms with E-state index in [4.69, 9.17) is 4.74 Å². The molecule has 1 fully saturated rings. The lowest BCUT2D eigenvalue weighted by Gasteiger charge is -2.34. The van der Waals surface area contributed by atoms with Crippen LogP contribution in [0.4, 0.5) is 0 Å². The van der Waals surface area contributed by atoms with E-state index >= 15 is 0 Å². The first kappa shape index (κ1) is 57.3. The van der Waals surface area contributed by atoms with Crippen LogP contribution < -0.4 is 4.72 Å². The average Bonchev–Trinajstić information content (AvgIpc) is 3.83. The summed E-state index contributed by atoms with van der Waals surface area (Å²) in [5.74, 6) is 1.93. The topological polar surface area (TPSA) is 55.4 Å². The summed E-state index contributed by atoms with van der Waals surface area (Å²) >= 11 is 0. The quantitative estimate of drug-likeness (QED) is 0.229. The number of benzene rings is 1. The molecular weight excluding hydrogens is 659 g/mol. The van der Waals surface area contributed by atoms with Gasteiger partial charge in [-0.2, -0.15) is 0 Å². The Labute approximate surface area is 328 Å². The van der Waals surface area contributed by atoms with Gasteiger partial charge in [0.15, 0.2) is 0 Å². The van der Waals surface area contributed by atoms with Gasteiger partial charge in [0, 0.05) is 6.04 Å². The monoisotopic (exact) mass is 752 g/mol. The Morgan fingerprint density at radius 1 is 0.769 bits per heavy atom. The number of rotatable bonds is 11. The zero-order valence-electron chi connectivity index (χ0n) is 39.2. The van der Waals surface area contributed by atoms with Crippen molar-refractivity contribution in [2.75, 3.05) is 6.61 Å². The number of hydrogen-bond donors (Lipinski definition) is 1. The summed E-state index contributed by atoms with van der Waals surface area (Å²) in [6.45, 7) is 54.2. The van der Waals surface area contributed by atoms with Crippen molar-refractivity contribution in [1.82, 2.24) is 4.72 Å². The molecule has 310 valence electrons. The normalized spacial score (nSPS) is 13.6. The maximum atomic E-state index is 11.1. The molecule has 4 nitrogen and oxygen atoms in total. The highest BCUT2D eigenvalue weighted by Crippen LogP contribution is 2.36. The van der Waals surface area contributed by atoms with Crippen LogP contribution in [-0.2, 0) is 14.8 Å². The maximum Gasteiger partial charge on any atom is 0.214 e. The smallest absolute Gasteiger partial charge is 0.214 e. The second kappa shape index (κ2) is 27.2. The van der Waals surface area contributed by atoms with Crippen LogP contribution in [0.2, 0.25) is 0 Å². The fourth-order valence-corrected chi connectivity index (χ4v) is 4.87. The first-order valence-electron chi connectivity index (χ1n) is 20.3. The fraction of sp³-hybridized carbons (Fsp3) is 0.787. The summed E-state index contributed by atoms with van der Waals surface area (Å²) in [5, 5.41) is -0.0881. The minimum absolute atomic E-state index is 0.0330. The van der Waals surface area contributed by atoms with Gasteiger partial charge in [-0.25, -0.2) is 13.1 Å². The van der Waals surface area contributed by atoms with Crippen LogP contribution in [-0.4, -0.2) is 32.4 Å². The van der Waals surface area contributed by atoms with E-state index in [1.165, 1.54) is 11.1 Å². The van der Waals surface area contributed by atoms with Crippen molar-refractivity contribution in [3.8, 4) is 0 Å². The first-order chi connectivity index (χ1) is 23.3. The molecule has 0 saturated heterocycles. The molecular formula is C47H93NO3S. The first-order valence-corrected chi connectivity index (χ1v) is 21.9. The van der Waals surface area contributed by atoms with Gasteiger partial charge in [-0.15, -0.1) is 6.58 Å². The highest BCUT2D eigenvalue weighted by Gasteiger charge is 2.35. The lowest BCUT2D eigenvalue weighted by Crippen LogP contribution is -2.32. The van der Waals surface area contributed by atoms with Gasteiger partial charge >= 0.3 is 0 Å². The third-order valence-corrected chi connectivity index (χ3v) is 10.6. The number of ether oxygens (including phenoxy) is 1. The van der Waals surface area contributed by atoms with Crippen molar-refractivity contribution in [2.45, 2.75) is 208 Å². The van der Waals surface area contributed by atoms with E-state index in [1.54, 1.807) is 0 Å². The third-order valence-electron chi connectivity index (χ3n) is 8.42. The Morgan fingerprint density at radius 3 is 1.40 bits per heavy atom. The molecule has 0 heterocycles. The fourth-order valence-electron chi connectivity index (χ4n) is 3.26. The van der Waals surface area contributed by atoms with E-state index in [-0.39, 0.29) is 22.1 Å². The Morgan fingerprint density at radius 2 is 1.15 bits per heavy atom. The SMILES string of the molecule is C=CC(C)C.CC.CC(C)(C)C(C)(C)C.CC(C)NS(=O)(=O)C1CC1.CC(C)OCC(C)(C)C/C=C/C(C)(C)C.CC(C)c1cccc(C(C)C)c1. The summed E-state index contributed by atoms with van der Waals surface area (Å²) < 4.78 is 30.4. The molecule has 52 heavy (non-hydrogen) atoms. The third kappa shape index (κ3) is 35.6. The highest BCUT2D eigenvalue weighted by atomic mass is 32.2. The second-order valence-corrected chi connectivity index (χ2v) is 21.5. The molecule has 0 aliphatic heterocycles. The molecule has 0 bridgehead atoms. The van der Waals surface area contributed by atoms with Crippen LogP contribution in [0.1, 0.15) is 201 Å². The van der Waals surface area contributed by atoms with Crippen molar-refractivity contribution in [3.63, 3.8) is 0 Å². The Bertz CT molecular complexity index is 1110. The van der Waals surface area contributed by atoms with E-state index in [0.29, 0.717) is 34.7 Å². The molecule has 1 aromatic rings. The van der Waals surface area contributed by atoms with Crippen molar-refractivity contribution in [3.05, 3.63) is 60.2 Å². The maximum absolute atomic E-state index is 11.1. The lowest BCUT2D eigenvalue weighted by molar-refractivity contribution is 0.0225. The number of allylic oxidation sites excluding steroid dienone is 3. The van der Waals surface area contributed by atoms with E-state index < -0.39 is 10.0 Å². The van der Waals surface area contributed by atoms with Crippen LogP contribution in [0.3, 0.4) is 0 Å². The van der Waals surface area contributed by atoms with Crippen LogP contribution in [0, 0.1) is 27.6 Å². The van der Waals surface area contributed by atoms with Gasteiger partial charge in [0.2, 0.25) is 10.0 Å². The summed E-state index contributed by atoms with van der Waals surface area (Å²) in [4.78, 5) is 0. The number of sulfonamides is 1. The predicted octanol–water partition coefficient (Wildman–Crippen LogP) is 14.8. The van der Waals surface area contributed by atoms with Crippen molar-refractivity contribution < 1.29 is 13.2 Å². The molecule has 0 amide bonds. The average molecular weight is 752 g/mol. The van der Waals surface area contributed by atoms with Gasteiger partial charge in [-0.1, -0.05) is 174 Å². The van der Waals surface area contributed by atoms with Crippen LogP contribution in [0.15, 0.2) is 49.1 Å². The zero-order chi connectivity index (χ0) is 42.3. The molecule has 1 aliphatic carbocycles. The molecule has 0 unspecified atom stereocenters. The zero-order valence-corrected chi connectivity index (χ0v) is 40.0. The van der Waals surface area contributed by atoms with Crippen molar-refractivity contribution >= 4 is 10.0 Å². The van der Waals surface area contributed by atoms with E-state index in [2.05, 4.69) is 179 Å². The van der Waals surface area contributed by atoms with E-state index in [1.807, 2.05) is 33.8 Å². The number of nitrogens with one attached hydrogen (secondary N) is 1. The highest BCUT2D eigenvalue weighted by molar-refractivity contribution is 7.90. The molecule has 0 atom stereocenters. The molecule has 0 spiro atoms. The molecule has 1 N–H and O–H groups in total. The largest absolute Gasteiger partial charge is 0.378 e. The minimum Gasteiger partial charge on any atom is -0.378 e. The number of hydrogen-bond acceptors (Lipinski definition) is 3. The molecule has 2 rings (SSSR count). The van der Waals surface area contributed by atoms with E-state index in [0.717, 1.165) is 25.9 Å². The second-order valence-electron chi connectivity index (χ2n) is 19.5. The van der Waals surface area contributed by atoms with Gasteiger partial charge in [0.1, 0.15) is 0 Å². The lowest BCUT2D eigenvalue weighted by atomic mass is 9.71. The molecule has 1 saturated carbocycles. The minimum atomic E-state index is -2.94. The van der Waals surface area contributed by atoms with Crippen molar-refractivity contribution in [1.29, 1.82) is 0 Å². The molecule has 1 aromatic carbocycles. The Balaban J connectivity index is -0.000000283. The Hall–Kier alpha value is -1.43.